The summed E-state index contributed by atoms with van der Waals surface area (Å²) in [6.07, 6.45) is 2.93. The molecule has 0 spiro atoms. The Balaban J connectivity index is 1.80. The molecule has 3 aromatic rings. The van der Waals surface area contributed by atoms with E-state index in [0.717, 1.165) is 41.8 Å². The summed E-state index contributed by atoms with van der Waals surface area (Å²) in [4.78, 5) is 15.7. The Morgan fingerprint density at radius 2 is 2.19 bits per heavy atom. The molecule has 0 saturated carbocycles. The first-order chi connectivity index (χ1) is 10.3. The fraction of sp³-hybridized carbons (Fsp3) is 0.286. The topological polar surface area (TPSA) is 82.6 Å². The molecule has 0 atom stereocenters. The van der Waals surface area contributed by atoms with Crippen LogP contribution in [0.3, 0.4) is 0 Å². The number of rotatable bonds is 3. The molecule has 0 amide bonds. The van der Waals surface area contributed by atoms with Gasteiger partial charge in [0.05, 0.1) is 5.39 Å². The van der Waals surface area contributed by atoms with Gasteiger partial charge >= 0.3 is 0 Å². The summed E-state index contributed by atoms with van der Waals surface area (Å²) in [7, 11) is 0. The van der Waals surface area contributed by atoms with E-state index < -0.39 is 0 Å². The third-order valence-corrected chi connectivity index (χ3v) is 3.55. The molecule has 2 N–H and O–H groups in total. The molecule has 1 aliphatic heterocycles. The van der Waals surface area contributed by atoms with E-state index >= 15 is 0 Å². The second-order valence-corrected chi connectivity index (χ2v) is 5.15. The minimum Gasteiger partial charge on any atom is -0.341 e. The lowest BCUT2D eigenvalue weighted by Crippen LogP contribution is -2.38. The van der Waals surface area contributed by atoms with Crippen molar-refractivity contribution in [2.45, 2.75) is 13.3 Å². The highest BCUT2D eigenvalue weighted by Gasteiger charge is 2.19. The van der Waals surface area contributed by atoms with Gasteiger partial charge in [-0.1, -0.05) is 0 Å². The van der Waals surface area contributed by atoms with E-state index in [1.54, 1.807) is 6.20 Å². The lowest BCUT2D eigenvalue weighted by Gasteiger charge is -2.31. The largest absolute Gasteiger partial charge is 0.341 e. The molecule has 0 aromatic carbocycles. The van der Waals surface area contributed by atoms with Crippen LogP contribution < -0.4 is 10.2 Å². The molecule has 0 unspecified atom stereocenters. The van der Waals surface area contributed by atoms with Crippen molar-refractivity contribution >= 4 is 28.6 Å². The number of H-pyrrole nitrogens is 1. The van der Waals surface area contributed by atoms with Crippen LogP contribution in [-0.2, 0) is 0 Å². The van der Waals surface area contributed by atoms with Gasteiger partial charge in [-0.25, -0.2) is 4.98 Å². The molecular weight excluding hydrogens is 266 g/mol. The lowest BCUT2D eigenvalue weighted by atomic mass is 10.2. The third kappa shape index (κ3) is 2.16. The van der Waals surface area contributed by atoms with Gasteiger partial charge in [-0.05, 0) is 25.5 Å². The highest BCUT2D eigenvalue weighted by molar-refractivity contribution is 5.89. The van der Waals surface area contributed by atoms with Crippen molar-refractivity contribution in [3.63, 3.8) is 0 Å². The van der Waals surface area contributed by atoms with Gasteiger partial charge in [0, 0.05) is 31.0 Å². The summed E-state index contributed by atoms with van der Waals surface area (Å²) in [5, 5.41) is 11.3. The summed E-state index contributed by atoms with van der Waals surface area (Å²) >= 11 is 0. The van der Waals surface area contributed by atoms with Gasteiger partial charge in [-0.15, -0.1) is 0 Å². The van der Waals surface area contributed by atoms with E-state index in [1.165, 1.54) is 6.42 Å². The van der Waals surface area contributed by atoms with Crippen LogP contribution in [0.5, 0.6) is 0 Å². The van der Waals surface area contributed by atoms with E-state index in [0.29, 0.717) is 5.65 Å². The molecule has 21 heavy (non-hydrogen) atoms. The first kappa shape index (κ1) is 12.1. The van der Waals surface area contributed by atoms with Gasteiger partial charge in [0.2, 0.25) is 5.95 Å². The van der Waals surface area contributed by atoms with Gasteiger partial charge in [-0.2, -0.15) is 15.1 Å². The normalized spacial score (nSPS) is 14.2. The van der Waals surface area contributed by atoms with Crippen LogP contribution in [0.15, 0.2) is 24.4 Å². The van der Waals surface area contributed by atoms with Crippen LogP contribution in [0, 0.1) is 6.92 Å². The zero-order chi connectivity index (χ0) is 14.2. The summed E-state index contributed by atoms with van der Waals surface area (Å²) in [5.74, 6) is 2.20. The first-order valence-electron chi connectivity index (χ1n) is 6.96. The minimum atomic E-state index is 0.698. The Morgan fingerprint density at radius 3 is 2.90 bits per heavy atom. The second kappa shape index (κ2) is 4.69. The van der Waals surface area contributed by atoms with Gasteiger partial charge in [0.1, 0.15) is 5.82 Å². The number of nitrogens with zero attached hydrogens (tertiary/aromatic N) is 5. The molecule has 1 saturated heterocycles. The molecule has 4 heterocycles. The fourth-order valence-corrected chi connectivity index (χ4v) is 2.31. The van der Waals surface area contributed by atoms with E-state index in [4.69, 9.17) is 0 Å². The summed E-state index contributed by atoms with van der Waals surface area (Å²) in [6, 6.07) is 5.79. The molecule has 7 nitrogen and oxygen atoms in total. The number of pyridine rings is 1. The SMILES string of the molecule is Cc1cc(Nc2nc(N3CCC3)nc3ncccc23)n[nH]1. The molecule has 106 valence electrons. The average molecular weight is 281 g/mol. The Hall–Kier alpha value is -2.70. The van der Waals surface area contributed by atoms with Crippen LogP contribution in [-0.4, -0.2) is 38.2 Å². The monoisotopic (exact) mass is 281 g/mol. The van der Waals surface area contributed by atoms with Crippen LogP contribution in [0.2, 0.25) is 0 Å². The van der Waals surface area contributed by atoms with Gasteiger partial charge in [0.15, 0.2) is 11.5 Å². The number of hydrogen-bond acceptors (Lipinski definition) is 6. The van der Waals surface area contributed by atoms with E-state index in [9.17, 15) is 0 Å². The highest BCUT2D eigenvalue weighted by Crippen LogP contribution is 2.26. The van der Waals surface area contributed by atoms with Crippen LogP contribution in [0.25, 0.3) is 11.0 Å². The Morgan fingerprint density at radius 1 is 1.29 bits per heavy atom. The highest BCUT2D eigenvalue weighted by atomic mass is 15.3. The molecule has 3 aromatic heterocycles. The summed E-state index contributed by atoms with van der Waals surface area (Å²) in [6.45, 7) is 3.96. The molecule has 0 bridgehead atoms. The minimum absolute atomic E-state index is 0.698. The maximum Gasteiger partial charge on any atom is 0.229 e. The zero-order valence-electron chi connectivity index (χ0n) is 11.7. The molecule has 0 aliphatic carbocycles. The van der Waals surface area contributed by atoms with Gasteiger partial charge < -0.3 is 10.2 Å². The van der Waals surface area contributed by atoms with Crippen molar-refractivity contribution in [1.29, 1.82) is 0 Å². The van der Waals surface area contributed by atoms with E-state index in [2.05, 4.69) is 35.4 Å². The van der Waals surface area contributed by atoms with E-state index in [-0.39, 0.29) is 0 Å². The van der Waals surface area contributed by atoms with Crippen molar-refractivity contribution in [3.8, 4) is 0 Å². The van der Waals surface area contributed by atoms with Crippen molar-refractivity contribution in [1.82, 2.24) is 25.1 Å². The third-order valence-electron chi connectivity index (χ3n) is 3.55. The molecule has 4 rings (SSSR count). The second-order valence-electron chi connectivity index (χ2n) is 5.15. The smallest absolute Gasteiger partial charge is 0.229 e. The number of aromatic amines is 1. The predicted molar refractivity (Wildman–Crippen MR) is 80.8 cm³/mol. The fourth-order valence-electron chi connectivity index (χ4n) is 2.31. The maximum absolute atomic E-state index is 4.64. The van der Waals surface area contributed by atoms with E-state index in [1.807, 2.05) is 25.1 Å². The Kier molecular flexibility index (Phi) is 2.70. The van der Waals surface area contributed by atoms with Crippen molar-refractivity contribution in [3.05, 3.63) is 30.1 Å². The molecular formula is C14H15N7. The number of hydrogen-bond donors (Lipinski definition) is 2. The first-order valence-corrected chi connectivity index (χ1v) is 6.96. The average Bonchev–Trinajstić information content (AvgIpc) is 2.82. The Labute approximate surface area is 121 Å². The predicted octanol–water partition coefficient (Wildman–Crippen LogP) is 2.01. The molecule has 1 aliphatic rings. The number of fused-ring (bicyclic) bond motifs is 1. The molecule has 7 heteroatoms. The zero-order valence-corrected chi connectivity index (χ0v) is 11.7. The summed E-state index contributed by atoms with van der Waals surface area (Å²) < 4.78 is 0. The van der Waals surface area contributed by atoms with Crippen LogP contribution in [0.4, 0.5) is 17.6 Å². The standard InChI is InChI=1S/C14H15N7/c1-9-8-11(20-19-9)16-13-10-4-2-5-15-12(10)17-14(18-13)21-6-3-7-21/h2,4-5,8H,3,6-7H2,1H3,(H2,15,16,17,18,19,20). The number of aryl methyl sites for hydroxylation is 1. The van der Waals surface area contributed by atoms with Crippen LogP contribution >= 0.6 is 0 Å². The molecule has 1 fully saturated rings. The van der Waals surface area contributed by atoms with Gasteiger partial charge in [0.25, 0.3) is 0 Å². The maximum atomic E-state index is 4.64. The number of aromatic nitrogens is 5. The summed E-state index contributed by atoms with van der Waals surface area (Å²) in [5.41, 5.74) is 1.70. The number of nitrogens with one attached hydrogen (secondary N) is 2. The van der Waals surface area contributed by atoms with Crippen molar-refractivity contribution < 1.29 is 0 Å². The van der Waals surface area contributed by atoms with Gasteiger partial charge in [-0.3, -0.25) is 5.10 Å². The number of anilines is 3. The quantitative estimate of drug-likeness (QED) is 0.764. The molecule has 0 radical (unpaired) electrons. The van der Waals surface area contributed by atoms with Crippen LogP contribution in [0.1, 0.15) is 12.1 Å². The Bertz CT molecular complexity index is 791. The van der Waals surface area contributed by atoms with Crippen molar-refractivity contribution in [2.24, 2.45) is 0 Å². The van der Waals surface area contributed by atoms with Crippen molar-refractivity contribution in [2.75, 3.05) is 23.3 Å². The lowest BCUT2D eigenvalue weighted by molar-refractivity contribution is 0.602.